The average Bonchev–Trinajstić information content (AvgIpc) is 3.08. The van der Waals surface area contributed by atoms with Gasteiger partial charge in [0.1, 0.15) is 5.69 Å². The predicted molar refractivity (Wildman–Crippen MR) is 103 cm³/mol. The number of hydrogen-bond donors (Lipinski definition) is 3. The van der Waals surface area contributed by atoms with Crippen molar-refractivity contribution in [2.75, 3.05) is 33.7 Å². The number of benzene rings is 1. The molecule has 0 saturated carbocycles. The van der Waals surface area contributed by atoms with Gasteiger partial charge in [-0.05, 0) is 38.3 Å². The van der Waals surface area contributed by atoms with Crippen molar-refractivity contribution in [3.8, 4) is 0 Å². The van der Waals surface area contributed by atoms with Crippen molar-refractivity contribution in [1.29, 1.82) is 0 Å². The Morgan fingerprint density at radius 3 is 2.77 bits per heavy atom. The zero-order chi connectivity index (χ0) is 18.9. The Hall–Kier alpha value is -2.29. The van der Waals surface area contributed by atoms with E-state index in [1.165, 1.54) is 11.3 Å². The number of carbonyl (C=O) groups excluding carboxylic acids is 2. The van der Waals surface area contributed by atoms with Crippen LogP contribution in [0.25, 0.3) is 0 Å². The van der Waals surface area contributed by atoms with Crippen LogP contribution >= 0.6 is 11.3 Å². The van der Waals surface area contributed by atoms with Gasteiger partial charge in [-0.15, -0.1) is 11.3 Å². The summed E-state index contributed by atoms with van der Waals surface area (Å²) >= 11 is 1.43. The Morgan fingerprint density at radius 2 is 2.04 bits per heavy atom. The highest BCUT2D eigenvalue weighted by atomic mass is 32.1. The van der Waals surface area contributed by atoms with Crippen molar-refractivity contribution in [2.45, 2.75) is 13.0 Å². The van der Waals surface area contributed by atoms with Crippen molar-refractivity contribution >= 4 is 23.2 Å². The highest BCUT2D eigenvalue weighted by molar-refractivity contribution is 7.09. The number of aromatic nitrogens is 1. The van der Waals surface area contributed by atoms with Crippen molar-refractivity contribution in [2.24, 2.45) is 5.73 Å². The first-order valence-electron chi connectivity index (χ1n) is 8.44. The smallest absolute Gasteiger partial charge is 0.271 e. The summed E-state index contributed by atoms with van der Waals surface area (Å²) in [7, 11) is 3.91. The minimum Gasteiger partial charge on any atom is -0.351 e. The third-order valence-corrected chi connectivity index (χ3v) is 4.54. The first-order chi connectivity index (χ1) is 12.5. The van der Waals surface area contributed by atoms with Crippen LogP contribution in [0.5, 0.6) is 0 Å². The zero-order valence-electron chi connectivity index (χ0n) is 15.1. The summed E-state index contributed by atoms with van der Waals surface area (Å²) in [5.41, 5.74) is 7.33. The maximum atomic E-state index is 12.2. The molecule has 0 atom stereocenters. The summed E-state index contributed by atoms with van der Waals surface area (Å²) in [5.74, 6) is -0.351. The molecule has 0 spiro atoms. The van der Waals surface area contributed by atoms with Crippen LogP contribution in [0.3, 0.4) is 0 Å². The lowest BCUT2D eigenvalue weighted by Crippen LogP contribution is -2.31. The second-order valence-electron chi connectivity index (χ2n) is 6.11. The second kappa shape index (κ2) is 10.0. The minimum atomic E-state index is -0.231. The molecule has 0 unspecified atom stereocenters. The van der Waals surface area contributed by atoms with Crippen LogP contribution < -0.4 is 16.4 Å². The topological polar surface area (TPSA) is 100 Å². The summed E-state index contributed by atoms with van der Waals surface area (Å²) < 4.78 is 0. The molecule has 0 saturated heterocycles. The normalized spacial score (nSPS) is 10.8. The number of likely N-dealkylation sites (N-methyl/N-ethyl adjacent to an activating group) is 1. The summed E-state index contributed by atoms with van der Waals surface area (Å²) in [6.07, 6.45) is 0.670. The van der Waals surface area contributed by atoms with Gasteiger partial charge in [0.2, 0.25) is 0 Å². The molecule has 2 aromatic rings. The number of amides is 2. The second-order valence-corrected chi connectivity index (χ2v) is 7.05. The van der Waals surface area contributed by atoms with E-state index in [0.717, 1.165) is 17.1 Å². The van der Waals surface area contributed by atoms with Crippen molar-refractivity contribution in [1.82, 2.24) is 20.5 Å². The maximum Gasteiger partial charge on any atom is 0.271 e. The first kappa shape index (κ1) is 20.0. The molecule has 4 N–H and O–H groups in total. The van der Waals surface area contributed by atoms with E-state index in [2.05, 4.69) is 15.6 Å². The van der Waals surface area contributed by atoms with E-state index in [1.807, 2.05) is 31.1 Å². The molecule has 7 nitrogen and oxygen atoms in total. The summed E-state index contributed by atoms with van der Waals surface area (Å²) in [5, 5.41) is 8.29. The van der Waals surface area contributed by atoms with Crippen LogP contribution in [0.4, 0.5) is 0 Å². The van der Waals surface area contributed by atoms with E-state index >= 15 is 0 Å². The number of hydrogen-bond acceptors (Lipinski definition) is 6. The molecule has 26 heavy (non-hydrogen) atoms. The van der Waals surface area contributed by atoms with E-state index in [0.29, 0.717) is 37.3 Å². The molecule has 0 fully saturated rings. The summed E-state index contributed by atoms with van der Waals surface area (Å²) in [4.78, 5) is 30.6. The van der Waals surface area contributed by atoms with Gasteiger partial charge in [-0.3, -0.25) is 9.59 Å². The van der Waals surface area contributed by atoms with Gasteiger partial charge in [0.15, 0.2) is 0 Å². The Labute approximate surface area is 157 Å². The lowest BCUT2D eigenvalue weighted by molar-refractivity contribution is 0.0942. The number of thiazole rings is 1. The van der Waals surface area contributed by atoms with Crippen molar-refractivity contribution < 1.29 is 9.59 Å². The first-order valence-corrected chi connectivity index (χ1v) is 9.32. The van der Waals surface area contributed by atoms with Crippen LogP contribution in [0.2, 0.25) is 0 Å². The fourth-order valence-corrected chi connectivity index (χ4v) is 3.04. The fraction of sp³-hybridized carbons (Fsp3) is 0.389. The lowest BCUT2D eigenvalue weighted by atomic mass is 10.1. The molecule has 140 valence electrons. The molecule has 2 amide bonds. The molecular weight excluding hydrogens is 350 g/mol. The van der Waals surface area contributed by atoms with E-state index in [1.54, 1.807) is 17.5 Å². The molecule has 0 aliphatic rings. The Balaban J connectivity index is 1.89. The van der Waals surface area contributed by atoms with Gasteiger partial charge in [0.05, 0.1) is 5.01 Å². The van der Waals surface area contributed by atoms with Gasteiger partial charge in [0, 0.05) is 37.0 Å². The Bertz CT molecular complexity index is 745. The molecule has 0 aliphatic heterocycles. The number of carbonyl (C=O) groups is 2. The van der Waals surface area contributed by atoms with Gasteiger partial charge in [-0.25, -0.2) is 4.98 Å². The molecule has 1 heterocycles. The van der Waals surface area contributed by atoms with Gasteiger partial charge in [0.25, 0.3) is 11.8 Å². The molecule has 0 radical (unpaired) electrons. The van der Waals surface area contributed by atoms with E-state index < -0.39 is 0 Å². The van der Waals surface area contributed by atoms with E-state index in [-0.39, 0.29) is 11.8 Å². The quantitative estimate of drug-likeness (QED) is 0.604. The van der Waals surface area contributed by atoms with Crippen LogP contribution in [-0.2, 0) is 13.0 Å². The number of nitrogens with two attached hydrogens (primary N) is 1. The van der Waals surface area contributed by atoms with Gasteiger partial charge in [-0.2, -0.15) is 0 Å². The maximum absolute atomic E-state index is 12.2. The average molecular weight is 375 g/mol. The predicted octanol–water partition coefficient (Wildman–Crippen LogP) is 0.866. The molecule has 1 aromatic heterocycles. The molecule has 1 aromatic carbocycles. The molecule has 0 bridgehead atoms. The third kappa shape index (κ3) is 6.21. The van der Waals surface area contributed by atoms with Crippen LogP contribution in [0, 0.1) is 0 Å². The SMILES string of the molecule is CN(C)CCNC(=O)c1cccc(CNC(=O)c2csc(CCN)n2)c1. The number of nitrogens with one attached hydrogen (secondary N) is 2. The van der Waals surface area contributed by atoms with Gasteiger partial charge >= 0.3 is 0 Å². The highest BCUT2D eigenvalue weighted by Gasteiger charge is 2.11. The third-order valence-electron chi connectivity index (χ3n) is 3.63. The largest absolute Gasteiger partial charge is 0.351 e. The van der Waals surface area contributed by atoms with Gasteiger partial charge in [-0.1, -0.05) is 12.1 Å². The molecule has 0 aliphatic carbocycles. The van der Waals surface area contributed by atoms with Crippen molar-refractivity contribution in [3.05, 3.63) is 51.5 Å². The Kier molecular flexibility index (Phi) is 7.71. The monoisotopic (exact) mass is 375 g/mol. The van der Waals surface area contributed by atoms with Crippen LogP contribution in [-0.4, -0.2) is 55.4 Å². The molecule has 8 heteroatoms. The van der Waals surface area contributed by atoms with Crippen LogP contribution in [0.15, 0.2) is 29.6 Å². The lowest BCUT2D eigenvalue weighted by Gasteiger charge is -2.11. The zero-order valence-corrected chi connectivity index (χ0v) is 15.9. The van der Waals surface area contributed by atoms with Gasteiger partial charge < -0.3 is 21.3 Å². The standard InChI is InChI=1S/C18H25N5O2S/c1-23(2)9-8-20-17(24)14-5-3-4-13(10-14)11-21-18(25)15-12-26-16(22-15)6-7-19/h3-5,10,12H,6-9,11,19H2,1-2H3,(H,20,24)(H,21,25). The molecular formula is C18H25N5O2S. The number of rotatable bonds is 9. The summed E-state index contributed by atoms with van der Waals surface area (Å²) in [6.45, 7) is 2.21. The summed E-state index contributed by atoms with van der Waals surface area (Å²) in [6, 6.07) is 7.23. The van der Waals surface area contributed by atoms with Crippen molar-refractivity contribution in [3.63, 3.8) is 0 Å². The van der Waals surface area contributed by atoms with E-state index in [9.17, 15) is 9.59 Å². The minimum absolute atomic E-state index is 0.119. The number of nitrogens with zero attached hydrogens (tertiary/aromatic N) is 2. The van der Waals surface area contributed by atoms with E-state index in [4.69, 9.17) is 5.73 Å². The molecule has 2 rings (SSSR count). The Morgan fingerprint density at radius 1 is 1.23 bits per heavy atom. The fourth-order valence-electron chi connectivity index (χ4n) is 2.24. The van der Waals surface area contributed by atoms with Crippen LogP contribution in [0.1, 0.15) is 31.4 Å². The highest BCUT2D eigenvalue weighted by Crippen LogP contribution is 2.10.